The molecule has 1 unspecified atom stereocenters. The molecule has 8 heteroatoms. The van der Waals surface area contributed by atoms with Crippen molar-refractivity contribution in [2.24, 2.45) is 13.0 Å². The Morgan fingerprint density at radius 1 is 1.58 bits per heavy atom. The van der Waals surface area contributed by atoms with Crippen LogP contribution >= 0.6 is 0 Å². The Labute approximate surface area is 113 Å². The van der Waals surface area contributed by atoms with E-state index in [1.807, 2.05) is 0 Å². The molecule has 0 amide bonds. The molecule has 1 aliphatic rings. The number of ether oxygens (including phenoxy) is 1. The number of anilines is 1. The number of methoxy groups -OCH3 is 1. The van der Waals surface area contributed by atoms with Crippen LogP contribution in [0.5, 0.6) is 0 Å². The number of hydrogen-bond acceptors (Lipinski definition) is 5. The number of piperidine rings is 1. The molecular weight excluding hydrogens is 268 g/mol. The van der Waals surface area contributed by atoms with Gasteiger partial charge in [0, 0.05) is 27.2 Å². The van der Waals surface area contributed by atoms with Gasteiger partial charge in [-0.2, -0.15) is 4.31 Å². The third-order valence-corrected chi connectivity index (χ3v) is 5.38. The van der Waals surface area contributed by atoms with Gasteiger partial charge in [0.25, 0.3) is 10.0 Å². The van der Waals surface area contributed by atoms with Gasteiger partial charge in [0.05, 0.1) is 12.9 Å². The maximum atomic E-state index is 12.6. The third kappa shape index (κ3) is 2.75. The van der Waals surface area contributed by atoms with E-state index in [4.69, 9.17) is 10.5 Å². The molecule has 2 rings (SSSR count). The number of aromatic nitrogens is 2. The molecule has 0 radical (unpaired) electrons. The summed E-state index contributed by atoms with van der Waals surface area (Å²) in [4.78, 5) is 3.84. The molecule has 1 fully saturated rings. The van der Waals surface area contributed by atoms with Crippen LogP contribution in [0, 0.1) is 5.92 Å². The molecule has 0 saturated carbocycles. The van der Waals surface area contributed by atoms with E-state index in [9.17, 15) is 8.42 Å². The molecule has 108 valence electrons. The van der Waals surface area contributed by atoms with Gasteiger partial charge in [-0.25, -0.2) is 13.4 Å². The fourth-order valence-corrected chi connectivity index (χ4v) is 4.24. The summed E-state index contributed by atoms with van der Waals surface area (Å²) in [6.07, 6.45) is 3.24. The van der Waals surface area contributed by atoms with Gasteiger partial charge in [-0.1, -0.05) is 0 Å². The zero-order chi connectivity index (χ0) is 14.0. The number of imidazole rings is 1. The summed E-state index contributed by atoms with van der Waals surface area (Å²) in [5.74, 6) is 0.291. The Bertz CT molecular complexity index is 519. The van der Waals surface area contributed by atoms with Gasteiger partial charge in [-0.15, -0.1) is 0 Å². The Balaban J connectivity index is 2.25. The minimum Gasteiger partial charge on any atom is -0.384 e. The van der Waals surface area contributed by atoms with E-state index in [0.717, 1.165) is 12.8 Å². The monoisotopic (exact) mass is 288 g/mol. The Kier molecular flexibility index (Phi) is 4.12. The first kappa shape index (κ1) is 14.3. The van der Waals surface area contributed by atoms with Crippen LogP contribution in [0.1, 0.15) is 12.8 Å². The van der Waals surface area contributed by atoms with E-state index in [1.165, 1.54) is 15.2 Å². The first-order valence-electron chi connectivity index (χ1n) is 6.22. The van der Waals surface area contributed by atoms with Crippen LogP contribution < -0.4 is 5.73 Å². The van der Waals surface area contributed by atoms with E-state index >= 15 is 0 Å². The first-order chi connectivity index (χ1) is 8.96. The number of sulfonamides is 1. The first-order valence-corrected chi connectivity index (χ1v) is 7.66. The van der Waals surface area contributed by atoms with Gasteiger partial charge in [0.15, 0.2) is 10.8 Å². The lowest BCUT2D eigenvalue weighted by atomic mass is 10.0. The molecular formula is C11H20N4O3S. The van der Waals surface area contributed by atoms with Crippen molar-refractivity contribution < 1.29 is 13.2 Å². The summed E-state index contributed by atoms with van der Waals surface area (Å²) in [5, 5.41) is 0.0746. The predicted molar refractivity (Wildman–Crippen MR) is 71.0 cm³/mol. The van der Waals surface area contributed by atoms with Crippen LogP contribution in [0.4, 0.5) is 5.82 Å². The van der Waals surface area contributed by atoms with E-state index < -0.39 is 10.0 Å². The molecule has 0 bridgehead atoms. The number of rotatable bonds is 4. The average molecular weight is 288 g/mol. The summed E-state index contributed by atoms with van der Waals surface area (Å²) in [5.41, 5.74) is 5.67. The van der Waals surface area contributed by atoms with Crippen molar-refractivity contribution >= 4 is 15.8 Å². The van der Waals surface area contributed by atoms with Crippen molar-refractivity contribution in [1.29, 1.82) is 0 Å². The Morgan fingerprint density at radius 2 is 2.32 bits per heavy atom. The maximum absolute atomic E-state index is 12.6. The van der Waals surface area contributed by atoms with Crippen LogP contribution in [-0.4, -0.2) is 49.1 Å². The van der Waals surface area contributed by atoms with Gasteiger partial charge in [-0.3, -0.25) is 0 Å². The molecule has 0 spiro atoms. The smallest absolute Gasteiger partial charge is 0.262 e. The largest absolute Gasteiger partial charge is 0.384 e. The van der Waals surface area contributed by atoms with E-state index in [2.05, 4.69) is 4.98 Å². The Morgan fingerprint density at radius 3 is 2.89 bits per heavy atom. The minimum atomic E-state index is -3.58. The fourth-order valence-electron chi connectivity index (χ4n) is 2.49. The highest BCUT2D eigenvalue weighted by atomic mass is 32.2. The van der Waals surface area contributed by atoms with Gasteiger partial charge in [0.2, 0.25) is 0 Å². The molecule has 2 N–H and O–H groups in total. The highest BCUT2D eigenvalue weighted by molar-refractivity contribution is 7.89. The molecule has 0 aliphatic carbocycles. The van der Waals surface area contributed by atoms with E-state index in [0.29, 0.717) is 19.7 Å². The highest BCUT2D eigenvalue weighted by Crippen LogP contribution is 2.26. The SMILES string of the molecule is COCC1CCCN(S(=O)(=O)c2c(N)ncn2C)C1. The van der Waals surface area contributed by atoms with Crippen molar-refractivity contribution in [2.75, 3.05) is 32.5 Å². The average Bonchev–Trinajstić information content (AvgIpc) is 2.70. The minimum absolute atomic E-state index is 0.0522. The highest BCUT2D eigenvalue weighted by Gasteiger charge is 2.33. The van der Waals surface area contributed by atoms with E-state index in [-0.39, 0.29) is 16.8 Å². The molecule has 19 heavy (non-hydrogen) atoms. The van der Waals surface area contributed by atoms with Crippen LogP contribution in [0.25, 0.3) is 0 Å². The van der Waals surface area contributed by atoms with Gasteiger partial charge < -0.3 is 15.0 Å². The summed E-state index contributed by atoms with van der Waals surface area (Å²) >= 11 is 0. The second-order valence-electron chi connectivity index (χ2n) is 4.87. The van der Waals surface area contributed by atoms with Crippen molar-refractivity contribution in [2.45, 2.75) is 17.9 Å². The summed E-state index contributed by atoms with van der Waals surface area (Å²) in [6, 6.07) is 0. The summed E-state index contributed by atoms with van der Waals surface area (Å²) < 4.78 is 33.2. The number of nitrogens with two attached hydrogens (primary N) is 1. The number of nitrogens with zero attached hydrogens (tertiary/aromatic N) is 3. The summed E-state index contributed by atoms with van der Waals surface area (Å²) in [7, 11) is -0.315. The van der Waals surface area contributed by atoms with Crippen LogP contribution in [0.2, 0.25) is 0 Å². The molecule has 7 nitrogen and oxygen atoms in total. The number of nitrogen functional groups attached to an aromatic ring is 1. The number of aryl methyl sites for hydroxylation is 1. The summed E-state index contributed by atoms with van der Waals surface area (Å²) in [6.45, 7) is 1.57. The predicted octanol–water partition coefficient (Wildman–Crippen LogP) is 0.0494. The lowest BCUT2D eigenvalue weighted by Gasteiger charge is -2.31. The van der Waals surface area contributed by atoms with Crippen molar-refractivity contribution in [3.8, 4) is 0 Å². The number of hydrogen-bond donors (Lipinski definition) is 1. The molecule has 2 heterocycles. The second kappa shape index (κ2) is 5.48. The lowest BCUT2D eigenvalue weighted by Crippen LogP contribution is -2.41. The zero-order valence-corrected chi connectivity index (χ0v) is 12.1. The van der Waals surface area contributed by atoms with Crippen LogP contribution in [0.15, 0.2) is 11.4 Å². The Hall–Kier alpha value is -1.12. The maximum Gasteiger partial charge on any atom is 0.262 e. The van der Waals surface area contributed by atoms with Crippen molar-refractivity contribution in [3.63, 3.8) is 0 Å². The normalized spacial score (nSPS) is 21.7. The third-order valence-electron chi connectivity index (χ3n) is 3.38. The standard InChI is InChI=1S/C11H20N4O3S/c1-14-8-13-10(12)11(14)19(16,17)15-5-3-4-9(6-15)7-18-2/h8-9H,3-7,12H2,1-2H3. The van der Waals surface area contributed by atoms with Gasteiger partial charge in [0.1, 0.15) is 0 Å². The molecule has 1 aromatic rings. The topological polar surface area (TPSA) is 90.4 Å². The zero-order valence-electron chi connectivity index (χ0n) is 11.2. The quantitative estimate of drug-likeness (QED) is 0.845. The van der Waals surface area contributed by atoms with Crippen LogP contribution in [0.3, 0.4) is 0 Å². The second-order valence-corrected chi connectivity index (χ2v) is 6.73. The van der Waals surface area contributed by atoms with Crippen molar-refractivity contribution in [1.82, 2.24) is 13.9 Å². The van der Waals surface area contributed by atoms with Crippen LogP contribution in [-0.2, 0) is 21.8 Å². The molecule has 1 atom stereocenters. The molecule has 1 aliphatic heterocycles. The molecule has 0 aromatic carbocycles. The lowest BCUT2D eigenvalue weighted by molar-refractivity contribution is 0.118. The molecule has 1 saturated heterocycles. The van der Waals surface area contributed by atoms with Gasteiger partial charge >= 0.3 is 0 Å². The fraction of sp³-hybridized carbons (Fsp3) is 0.727. The van der Waals surface area contributed by atoms with E-state index in [1.54, 1.807) is 14.2 Å². The van der Waals surface area contributed by atoms with Crippen molar-refractivity contribution in [3.05, 3.63) is 6.33 Å². The molecule has 1 aromatic heterocycles. The van der Waals surface area contributed by atoms with Gasteiger partial charge in [-0.05, 0) is 18.8 Å².